The first-order valence-electron chi connectivity index (χ1n) is 45.5. The first-order chi connectivity index (χ1) is 65.5. The highest BCUT2D eigenvalue weighted by atomic mass is 16.8. The van der Waals surface area contributed by atoms with Gasteiger partial charge in [-0.1, -0.05) is 6.92 Å². The quantitative estimate of drug-likeness (QED) is 0.0252. The Labute approximate surface area is 790 Å². The van der Waals surface area contributed by atoms with Gasteiger partial charge in [-0.25, -0.2) is 0 Å². The maximum absolute atomic E-state index is 13.3. The molecule has 57 nitrogen and oxygen atoms in total. The van der Waals surface area contributed by atoms with Gasteiger partial charge in [0.25, 0.3) is 0 Å². The van der Waals surface area contributed by atoms with E-state index in [0.717, 1.165) is 9.80 Å². The lowest BCUT2D eigenvalue weighted by Crippen LogP contribution is -2.65. The zero-order chi connectivity index (χ0) is 102. The van der Waals surface area contributed by atoms with E-state index in [1.54, 1.807) is 6.92 Å². The number of ketones is 1. The maximum Gasteiger partial charge on any atom is 0.239 e. The normalized spacial score (nSPS) is 38.3. The minimum atomic E-state index is -1.98. The van der Waals surface area contributed by atoms with Crippen molar-refractivity contribution in [2.24, 2.45) is 0 Å². The monoisotopic (exact) mass is 2010 g/mol. The Kier molecular flexibility index (Phi) is 51.0. The van der Waals surface area contributed by atoms with Crippen molar-refractivity contribution >= 4 is 47.1 Å². The average Bonchev–Trinajstić information content (AvgIpc) is 0.766. The van der Waals surface area contributed by atoms with Gasteiger partial charge in [0.15, 0.2) is 50.3 Å². The summed E-state index contributed by atoms with van der Waals surface area (Å²) >= 11 is 0. The van der Waals surface area contributed by atoms with Crippen LogP contribution in [0, 0.1) is 0 Å². The molecule has 7 amide bonds. The molecular formula is C81H141N7O50. The number of hydrogen-bond donors (Lipinski definition) is 31. The van der Waals surface area contributed by atoms with Crippen LogP contribution in [0.3, 0.4) is 0 Å². The highest BCUT2D eigenvalue weighted by molar-refractivity contribution is 5.90. The van der Waals surface area contributed by atoms with Crippen LogP contribution in [0.5, 0.6) is 0 Å². The molecule has 0 aliphatic carbocycles. The molecule has 31 N–H and O–H groups in total. The summed E-state index contributed by atoms with van der Waals surface area (Å²) in [5, 5.41) is 280. The standard InChI is InChI=1S/C41H71N3O25.C40H70N4O25/c1-3-6-19(47)7-4-5-8-25(50)44(13-23(48)42-9-11-62-38-33(58)30(55)26(51)18(2)65-38)14-24(49)43-10-12-63-40-36(61)37(69-41-35(60)32(57)28(53)21(16-46)67-41)29(54)22(68-40)17-64-39-34(59)31(56)27(52)20(15-45)66-39;1-3-41-21(47)6-4-5-7-24(50)44(12-22(48)42-8-10-62-37-32(58)29(55)25(51)17(2)65-37)13-23(49)43-9-11-63-39-35(61)36(69-40-34(60)31(57)27(53)19(15-46)67-40)28(54)20(68-39)16-64-38-33(59)30(56)26(52)18(14-45)66-38/h18,20-22,26-41,45-46,51-61H,3-17H2,1-2H3,(H,42,48)(H,43,49);17-20,25-40,45-46,51-61H,3-16H2,1-2H3,(H,41,47)(H,42,48)(H,43,49)/t18-,20+,21+,22+,26+,27+,28+,29+,30+,31-,32-,33-,34-,35-,36-,37-,38+,39-,40-,41+;17-,18+,19+,20+,25+,26+,27+,28+,29+,30-,31-,32-,33-,34-,35-,36-,37+,38-,39-,40+/m00/s1. The van der Waals surface area contributed by atoms with Crippen LogP contribution in [-0.2, 0) is 114 Å². The molecule has 8 aliphatic heterocycles. The van der Waals surface area contributed by atoms with Gasteiger partial charge in [0.1, 0.15) is 215 Å². The lowest BCUT2D eigenvalue weighted by molar-refractivity contribution is -0.366. The van der Waals surface area contributed by atoms with Crippen molar-refractivity contribution < 1.29 is 247 Å². The maximum atomic E-state index is 13.3. The molecule has 8 rings (SSSR count). The summed E-state index contributed by atoms with van der Waals surface area (Å²) in [6.45, 7) is -2.43. The number of aliphatic hydroxyl groups excluding tert-OH is 26. The molecule has 8 aliphatic rings. The largest absolute Gasteiger partial charge is 0.394 e. The lowest BCUT2D eigenvalue weighted by Gasteiger charge is -2.46. The Morgan fingerprint density at radius 1 is 0.268 bits per heavy atom. The Morgan fingerprint density at radius 3 is 0.826 bits per heavy atom. The van der Waals surface area contributed by atoms with E-state index in [1.165, 1.54) is 13.8 Å². The van der Waals surface area contributed by atoms with Crippen molar-refractivity contribution in [2.45, 2.75) is 338 Å². The van der Waals surface area contributed by atoms with Gasteiger partial charge < -0.3 is 245 Å². The molecule has 57 heteroatoms. The topological polar surface area (TPSA) is 877 Å². The Hall–Kier alpha value is -5.72. The Balaban J connectivity index is 0.000000376. The first-order valence-corrected chi connectivity index (χ1v) is 45.5. The second-order valence-electron chi connectivity index (χ2n) is 34.1. The van der Waals surface area contributed by atoms with Crippen molar-refractivity contribution in [3.05, 3.63) is 0 Å². The lowest BCUT2D eigenvalue weighted by atomic mass is 9.96. The number of hydrogen-bond acceptors (Lipinski definition) is 50. The summed E-state index contributed by atoms with van der Waals surface area (Å²) in [6, 6.07) is 0. The van der Waals surface area contributed by atoms with Crippen LogP contribution in [0.15, 0.2) is 0 Å². The molecule has 8 fully saturated rings. The highest BCUT2D eigenvalue weighted by Gasteiger charge is 2.56. The van der Waals surface area contributed by atoms with Crippen LogP contribution < -0.4 is 26.6 Å². The van der Waals surface area contributed by atoms with E-state index in [9.17, 15) is 171 Å². The first kappa shape index (κ1) is 119. The molecule has 0 saturated carbocycles. The molecule has 0 spiro atoms. The van der Waals surface area contributed by atoms with Gasteiger partial charge in [0.2, 0.25) is 41.4 Å². The van der Waals surface area contributed by atoms with Gasteiger partial charge >= 0.3 is 0 Å². The predicted octanol–water partition coefficient (Wildman–Crippen LogP) is -18.7. The third-order valence-corrected chi connectivity index (χ3v) is 23.6. The van der Waals surface area contributed by atoms with E-state index in [1.807, 2.05) is 6.92 Å². The number of aliphatic hydroxyl groups is 26. The number of ether oxygens (including phenoxy) is 16. The summed E-state index contributed by atoms with van der Waals surface area (Å²) in [6.07, 6.45) is -63.6. The summed E-state index contributed by atoms with van der Waals surface area (Å²) < 4.78 is 88.2. The smallest absolute Gasteiger partial charge is 0.239 e. The van der Waals surface area contributed by atoms with Crippen LogP contribution in [0.2, 0.25) is 0 Å². The number of unbranched alkanes of at least 4 members (excludes halogenated alkanes) is 2. The van der Waals surface area contributed by atoms with Crippen LogP contribution in [-0.4, -0.2) is 560 Å². The second kappa shape index (κ2) is 59.0. The molecule has 800 valence electrons. The van der Waals surface area contributed by atoms with Crippen LogP contribution in [0.1, 0.15) is 91.9 Å². The van der Waals surface area contributed by atoms with Crippen molar-refractivity contribution in [3.63, 3.8) is 0 Å². The molecule has 8 heterocycles. The summed E-state index contributed by atoms with van der Waals surface area (Å²) in [4.78, 5) is 105. The fourth-order valence-electron chi connectivity index (χ4n) is 15.4. The number of Topliss-reactive ketones (excluding diaryl/α,β-unsaturated/α-hetero) is 1. The third kappa shape index (κ3) is 34.2. The predicted molar refractivity (Wildman–Crippen MR) is 447 cm³/mol. The summed E-state index contributed by atoms with van der Waals surface area (Å²) in [5.74, 6) is -4.34. The Bertz CT molecular complexity index is 3400. The van der Waals surface area contributed by atoms with Gasteiger partial charge in [-0.05, 0) is 52.9 Å². The van der Waals surface area contributed by atoms with Gasteiger partial charge in [-0.2, -0.15) is 0 Å². The number of rotatable bonds is 51. The van der Waals surface area contributed by atoms with Crippen LogP contribution in [0.25, 0.3) is 0 Å². The molecular weight excluding hydrogens is 1870 g/mol. The fourth-order valence-corrected chi connectivity index (χ4v) is 15.4. The van der Waals surface area contributed by atoms with E-state index < -0.39 is 360 Å². The van der Waals surface area contributed by atoms with E-state index in [4.69, 9.17) is 75.8 Å². The van der Waals surface area contributed by atoms with E-state index >= 15 is 0 Å². The number of nitrogens with one attached hydrogen (secondary N) is 5. The van der Waals surface area contributed by atoms with Gasteiger partial charge in [-0.3, -0.25) is 38.4 Å². The molecule has 0 radical (unpaired) electrons. The van der Waals surface area contributed by atoms with Crippen molar-refractivity contribution in [3.8, 4) is 0 Å². The molecule has 0 bridgehead atoms. The molecule has 40 atom stereocenters. The van der Waals surface area contributed by atoms with Crippen molar-refractivity contribution in [1.29, 1.82) is 0 Å². The van der Waals surface area contributed by atoms with E-state index in [0.29, 0.717) is 32.2 Å². The number of nitrogens with zero attached hydrogens (tertiary/aromatic N) is 2. The van der Waals surface area contributed by atoms with E-state index in [-0.39, 0.29) is 89.6 Å². The summed E-state index contributed by atoms with van der Waals surface area (Å²) in [5.41, 5.74) is 0. The highest BCUT2D eigenvalue weighted by Crippen LogP contribution is 2.35. The molecule has 138 heavy (non-hydrogen) atoms. The summed E-state index contributed by atoms with van der Waals surface area (Å²) in [7, 11) is 0. The minimum Gasteiger partial charge on any atom is -0.394 e. The SMILES string of the molecule is CCCC(=O)CCCCC(=O)N(CC(=O)NCCO[C@@H]1O[C@@H](C)[C@@H](O)[C@@H](O)[C@@H]1O)CC(=O)NCCO[C@H]1O[C@H](CO[C@H]2O[C@H](CO)[C@@H](O)[C@H](O)[C@@H]2O)[C@@H](O)[C@H](O[C@H]2O[C@H](CO)[C@@H](O)[C@H](O)[C@@H]2O)[C@@H]1O.CCNC(=O)CCCCC(=O)N(CC(=O)NCCO[C@@H]1O[C@@H](C)[C@@H](O)[C@@H](O)[C@@H]1O)CC(=O)NCCO[C@H]1O[C@H](CO[C@H]2O[C@H](CO)[C@@H](O)[C@H](O)[C@@H]2O)[C@@H](O)[C@H](O[C@H]2O[C@H](CO)[C@@H](O)[C@H](O)[C@@H]2O)[C@@H]1O. The molecule has 0 aromatic carbocycles. The third-order valence-electron chi connectivity index (χ3n) is 23.6. The minimum absolute atomic E-state index is 0.0346. The number of carbonyl (C=O) groups is 8. The van der Waals surface area contributed by atoms with Crippen LogP contribution >= 0.6 is 0 Å². The van der Waals surface area contributed by atoms with Gasteiger partial charge in [0, 0.05) is 64.8 Å². The molecule has 8 saturated heterocycles. The van der Waals surface area contributed by atoms with Crippen LogP contribution in [0.4, 0.5) is 0 Å². The van der Waals surface area contributed by atoms with Crippen molar-refractivity contribution in [1.82, 2.24) is 36.4 Å². The molecule has 0 aromatic rings. The van der Waals surface area contributed by atoms with Crippen molar-refractivity contribution in [2.75, 3.05) is 125 Å². The molecule has 0 unspecified atom stereocenters. The zero-order valence-electron chi connectivity index (χ0n) is 76.4. The number of carbonyl (C=O) groups excluding carboxylic acids is 8. The number of amides is 7. The Morgan fingerprint density at radius 2 is 0.529 bits per heavy atom. The fraction of sp³-hybridized carbons (Fsp3) is 0.901. The molecule has 0 aromatic heterocycles. The average molecular weight is 2010 g/mol. The second-order valence-corrected chi connectivity index (χ2v) is 34.1. The zero-order valence-corrected chi connectivity index (χ0v) is 76.4. The van der Waals surface area contributed by atoms with Gasteiger partial charge in [-0.15, -0.1) is 0 Å². The van der Waals surface area contributed by atoms with Gasteiger partial charge in [0.05, 0.1) is 78.3 Å². The van der Waals surface area contributed by atoms with E-state index in [2.05, 4.69) is 26.6 Å².